The summed E-state index contributed by atoms with van der Waals surface area (Å²) in [5, 5.41) is 8.82. The molecule has 7 heteroatoms. The minimum atomic E-state index is 0.206. The van der Waals surface area contributed by atoms with Gasteiger partial charge in [0.15, 0.2) is 17.1 Å². The van der Waals surface area contributed by atoms with E-state index in [1.165, 1.54) is 0 Å². The number of hydrogen-bond acceptors (Lipinski definition) is 7. The van der Waals surface area contributed by atoms with E-state index in [1.807, 2.05) is 13.0 Å². The standard InChI is InChI=1S/C14H19NO3S3/c1-10-9-17-14-11(20)8-12(18-13(10)14)15(2-5-19)3-6-21-7-4-16/h8-9,16,19H,2-7H2,1H3. The van der Waals surface area contributed by atoms with Gasteiger partial charge in [-0.05, 0) is 6.92 Å². The van der Waals surface area contributed by atoms with Crippen molar-refractivity contribution >= 4 is 53.7 Å². The van der Waals surface area contributed by atoms with Crippen LogP contribution in [0.5, 0.6) is 0 Å². The number of anilines is 1. The number of rotatable bonds is 8. The molecule has 0 aromatic carbocycles. The fraction of sp³-hybridized carbons (Fsp3) is 0.500. The average molecular weight is 346 g/mol. The third-order valence-corrected chi connectivity index (χ3v) is 4.47. The predicted molar refractivity (Wildman–Crippen MR) is 94.5 cm³/mol. The van der Waals surface area contributed by atoms with Gasteiger partial charge in [-0.3, -0.25) is 0 Å². The van der Waals surface area contributed by atoms with Crippen LogP contribution in [-0.4, -0.2) is 42.1 Å². The van der Waals surface area contributed by atoms with Gasteiger partial charge >= 0.3 is 0 Å². The van der Waals surface area contributed by atoms with Crippen LogP contribution in [0.3, 0.4) is 0 Å². The smallest absolute Gasteiger partial charge is 0.197 e. The molecule has 2 aromatic rings. The Labute approximate surface area is 138 Å². The molecule has 0 aliphatic carbocycles. The van der Waals surface area contributed by atoms with E-state index in [0.29, 0.717) is 15.7 Å². The number of fused-ring (bicyclic) bond motifs is 1. The molecule has 1 N–H and O–H groups in total. The fourth-order valence-electron chi connectivity index (χ4n) is 1.99. The largest absolute Gasteiger partial charge is 0.459 e. The first-order valence-electron chi connectivity index (χ1n) is 6.73. The number of hydrogen-bond donors (Lipinski definition) is 2. The molecule has 0 aliphatic rings. The molecule has 116 valence electrons. The summed E-state index contributed by atoms with van der Waals surface area (Å²) >= 11 is 11.4. The Morgan fingerprint density at radius 3 is 2.86 bits per heavy atom. The molecular weight excluding hydrogens is 326 g/mol. The van der Waals surface area contributed by atoms with Crippen LogP contribution in [0.15, 0.2) is 21.2 Å². The van der Waals surface area contributed by atoms with Crippen molar-refractivity contribution in [1.82, 2.24) is 0 Å². The van der Waals surface area contributed by atoms with Gasteiger partial charge in [-0.1, -0.05) is 12.2 Å². The predicted octanol–water partition coefficient (Wildman–Crippen LogP) is 3.53. The molecule has 2 heterocycles. The van der Waals surface area contributed by atoms with Gasteiger partial charge in [0.25, 0.3) is 0 Å². The van der Waals surface area contributed by atoms with E-state index in [2.05, 4.69) is 17.5 Å². The molecular formula is C14H19NO3S3. The van der Waals surface area contributed by atoms with Crippen molar-refractivity contribution in [2.75, 3.05) is 41.9 Å². The molecule has 0 fully saturated rings. The Bertz CT molecular complexity index is 638. The molecule has 2 aromatic heterocycles. The quantitative estimate of drug-likeness (QED) is 0.434. The lowest BCUT2D eigenvalue weighted by Gasteiger charge is -2.22. The third kappa shape index (κ3) is 4.18. The van der Waals surface area contributed by atoms with Crippen molar-refractivity contribution in [2.24, 2.45) is 0 Å². The highest BCUT2D eigenvalue weighted by molar-refractivity contribution is 7.99. The first-order valence-corrected chi connectivity index (χ1v) is 8.93. The van der Waals surface area contributed by atoms with Gasteiger partial charge in [0, 0.05) is 42.0 Å². The van der Waals surface area contributed by atoms with E-state index < -0.39 is 0 Å². The molecule has 0 unspecified atom stereocenters. The molecule has 0 bridgehead atoms. The van der Waals surface area contributed by atoms with Crippen LogP contribution in [0.1, 0.15) is 5.56 Å². The van der Waals surface area contributed by atoms with E-state index in [0.717, 1.165) is 41.8 Å². The fourth-order valence-corrected chi connectivity index (χ4v) is 3.16. The molecule has 0 saturated heterocycles. The maximum Gasteiger partial charge on any atom is 0.197 e. The first-order chi connectivity index (χ1) is 10.2. The van der Waals surface area contributed by atoms with Gasteiger partial charge in [0.1, 0.15) is 0 Å². The summed E-state index contributed by atoms with van der Waals surface area (Å²) in [6.45, 7) is 3.75. The Morgan fingerprint density at radius 2 is 2.14 bits per heavy atom. The highest BCUT2D eigenvalue weighted by atomic mass is 32.2. The maximum atomic E-state index is 8.82. The summed E-state index contributed by atoms with van der Waals surface area (Å²) in [6, 6.07) is 1.83. The van der Waals surface area contributed by atoms with E-state index in [1.54, 1.807) is 18.0 Å². The number of aliphatic hydroxyl groups excluding tert-OH is 1. The van der Waals surface area contributed by atoms with E-state index in [9.17, 15) is 0 Å². The highest BCUT2D eigenvalue weighted by Gasteiger charge is 2.13. The lowest BCUT2D eigenvalue weighted by molar-refractivity contribution is 0.322. The van der Waals surface area contributed by atoms with Crippen LogP contribution >= 0.6 is 36.6 Å². The minimum Gasteiger partial charge on any atom is -0.459 e. The Balaban J connectivity index is 2.22. The molecule has 0 saturated carbocycles. The van der Waals surface area contributed by atoms with Crippen molar-refractivity contribution in [3.05, 3.63) is 22.4 Å². The van der Waals surface area contributed by atoms with Crippen molar-refractivity contribution in [2.45, 2.75) is 6.92 Å². The molecule has 0 amide bonds. The topological polar surface area (TPSA) is 49.8 Å². The first kappa shape index (κ1) is 16.7. The number of thioether (sulfide) groups is 1. The summed E-state index contributed by atoms with van der Waals surface area (Å²) in [5.41, 5.74) is 2.29. The molecule has 2 rings (SSSR count). The van der Waals surface area contributed by atoms with Crippen LogP contribution in [0.2, 0.25) is 0 Å². The van der Waals surface area contributed by atoms with Crippen molar-refractivity contribution in [3.63, 3.8) is 0 Å². The van der Waals surface area contributed by atoms with Crippen molar-refractivity contribution in [3.8, 4) is 0 Å². The second-order valence-electron chi connectivity index (χ2n) is 4.57. The zero-order valence-corrected chi connectivity index (χ0v) is 14.4. The van der Waals surface area contributed by atoms with E-state index in [4.69, 9.17) is 26.2 Å². The summed E-state index contributed by atoms with van der Waals surface area (Å²) in [5.74, 6) is 3.14. The average Bonchev–Trinajstić information content (AvgIpc) is 2.84. The Kier molecular flexibility index (Phi) is 6.47. The Morgan fingerprint density at radius 1 is 1.33 bits per heavy atom. The summed E-state index contributed by atoms with van der Waals surface area (Å²) < 4.78 is 12.0. The number of aliphatic hydroxyl groups is 1. The second-order valence-corrected chi connectivity index (χ2v) is 6.68. The Hall–Kier alpha value is -0.630. The molecule has 21 heavy (non-hydrogen) atoms. The van der Waals surface area contributed by atoms with Gasteiger partial charge in [0.05, 0.1) is 17.4 Å². The van der Waals surface area contributed by atoms with Gasteiger partial charge in [-0.15, -0.1) is 0 Å². The SMILES string of the molecule is Cc1coc2c(=S)cc(N(CCS)CCSCCO)oc12. The lowest BCUT2D eigenvalue weighted by atomic mass is 10.3. The lowest BCUT2D eigenvalue weighted by Crippen LogP contribution is -2.28. The monoisotopic (exact) mass is 345 g/mol. The second kappa shape index (κ2) is 8.12. The zero-order chi connectivity index (χ0) is 15.2. The van der Waals surface area contributed by atoms with Crippen LogP contribution in [-0.2, 0) is 0 Å². The number of nitrogens with zero attached hydrogens (tertiary/aromatic N) is 1. The number of thiol groups is 1. The summed E-state index contributed by atoms with van der Waals surface area (Å²) in [7, 11) is 0. The van der Waals surface area contributed by atoms with Gasteiger partial charge in [-0.25, -0.2) is 0 Å². The minimum absolute atomic E-state index is 0.206. The van der Waals surface area contributed by atoms with Gasteiger partial charge < -0.3 is 18.8 Å². The molecule has 4 nitrogen and oxygen atoms in total. The number of aryl methyl sites for hydroxylation is 1. The molecule has 0 aliphatic heterocycles. The van der Waals surface area contributed by atoms with Crippen LogP contribution in [0.4, 0.5) is 5.88 Å². The van der Waals surface area contributed by atoms with Crippen LogP contribution in [0.25, 0.3) is 11.2 Å². The van der Waals surface area contributed by atoms with Gasteiger partial charge in [0.2, 0.25) is 0 Å². The molecule has 0 spiro atoms. The maximum absolute atomic E-state index is 8.82. The number of furan rings is 1. The van der Waals surface area contributed by atoms with Crippen LogP contribution in [0, 0.1) is 11.4 Å². The molecule has 0 atom stereocenters. The normalized spacial score (nSPS) is 11.2. The van der Waals surface area contributed by atoms with Crippen LogP contribution < -0.4 is 4.90 Å². The third-order valence-electron chi connectivity index (χ3n) is 3.03. The van der Waals surface area contributed by atoms with E-state index >= 15 is 0 Å². The van der Waals surface area contributed by atoms with Crippen molar-refractivity contribution < 1.29 is 13.9 Å². The molecule has 0 radical (unpaired) electrons. The zero-order valence-electron chi connectivity index (χ0n) is 11.9. The summed E-state index contributed by atoms with van der Waals surface area (Å²) in [6.07, 6.45) is 1.66. The highest BCUT2D eigenvalue weighted by Crippen LogP contribution is 2.27. The van der Waals surface area contributed by atoms with Crippen molar-refractivity contribution in [1.29, 1.82) is 0 Å². The van der Waals surface area contributed by atoms with Gasteiger partial charge in [-0.2, -0.15) is 24.4 Å². The van der Waals surface area contributed by atoms with E-state index in [-0.39, 0.29) is 6.61 Å². The summed E-state index contributed by atoms with van der Waals surface area (Å²) in [4.78, 5) is 2.12.